The van der Waals surface area contributed by atoms with Gasteiger partial charge in [-0.3, -0.25) is 4.79 Å². The Hall–Kier alpha value is 0.0700. The second-order valence-electron chi connectivity index (χ2n) is 3.48. The normalized spacial score (nSPS) is 21.5. The molecule has 1 aromatic rings. The van der Waals surface area contributed by atoms with Gasteiger partial charge in [-0.25, -0.2) is 0 Å². The number of ketones is 1. The molecule has 1 aromatic heterocycles. The molecule has 0 aliphatic carbocycles. The number of hydrogen-bond acceptors (Lipinski definition) is 4. The van der Waals surface area contributed by atoms with E-state index in [0.29, 0.717) is 5.78 Å². The van der Waals surface area contributed by atoms with E-state index >= 15 is 0 Å². The summed E-state index contributed by atoms with van der Waals surface area (Å²) in [6.07, 6.45) is 1.65. The number of aryl methyl sites for hydroxylation is 1. The van der Waals surface area contributed by atoms with Gasteiger partial charge in [-0.05, 0) is 17.9 Å². The Morgan fingerprint density at radius 1 is 1.47 bits per heavy atom. The molecule has 1 saturated heterocycles. The first-order valence-corrected chi connectivity index (χ1v) is 8.19. The molecule has 0 aromatic carbocycles. The van der Waals surface area contributed by atoms with Crippen molar-refractivity contribution < 1.29 is 4.79 Å². The highest BCUT2D eigenvalue weighted by Gasteiger charge is 2.21. The Bertz CT molecular complexity index is 302. The predicted molar refractivity (Wildman–Crippen MR) is 71.2 cm³/mol. The van der Waals surface area contributed by atoms with Crippen LogP contribution in [0.25, 0.3) is 0 Å². The summed E-state index contributed by atoms with van der Waals surface area (Å²) in [5.74, 6) is 3.81. The second kappa shape index (κ2) is 5.97. The number of carbonyl (C=O) groups is 1. The molecule has 1 unspecified atom stereocenters. The number of carbonyl (C=O) groups excluding carboxylic acids is 1. The summed E-state index contributed by atoms with van der Waals surface area (Å²) in [5, 5.41) is 2.34. The van der Waals surface area contributed by atoms with Gasteiger partial charge in [0.1, 0.15) is 5.78 Å². The Morgan fingerprint density at radius 3 is 3.07 bits per heavy atom. The molecule has 1 nitrogen and oxygen atoms in total. The van der Waals surface area contributed by atoms with Crippen molar-refractivity contribution in [3.63, 3.8) is 0 Å². The molecule has 0 N–H and O–H groups in total. The minimum atomic E-state index is 0.267. The van der Waals surface area contributed by atoms with Crippen molar-refractivity contribution in [2.24, 2.45) is 0 Å². The molecule has 82 valence electrons. The topological polar surface area (TPSA) is 17.1 Å². The zero-order valence-electron chi connectivity index (χ0n) is 8.48. The van der Waals surface area contributed by atoms with Crippen LogP contribution in [0.3, 0.4) is 0 Å². The molecule has 1 aliphatic rings. The number of thioether (sulfide) groups is 2. The molecular weight excluding hydrogens is 244 g/mol. The zero-order valence-corrected chi connectivity index (χ0v) is 10.9. The van der Waals surface area contributed by atoms with Crippen molar-refractivity contribution in [2.45, 2.75) is 18.1 Å². The van der Waals surface area contributed by atoms with Gasteiger partial charge in [-0.15, -0.1) is 23.1 Å². The third-order valence-corrected chi connectivity index (χ3v) is 6.11. The van der Waals surface area contributed by atoms with Crippen molar-refractivity contribution in [3.05, 3.63) is 22.4 Å². The first-order valence-electron chi connectivity index (χ1n) is 5.11. The fraction of sp³-hybridized carbons (Fsp3) is 0.545. The molecule has 2 heterocycles. The van der Waals surface area contributed by atoms with Gasteiger partial charge in [0.05, 0.1) is 5.25 Å². The second-order valence-corrected chi connectivity index (χ2v) is 6.97. The van der Waals surface area contributed by atoms with E-state index in [4.69, 9.17) is 0 Å². The van der Waals surface area contributed by atoms with Crippen LogP contribution in [-0.4, -0.2) is 28.3 Å². The number of hydrogen-bond donors (Lipinski definition) is 0. The van der Waals surface area contributed by atoms with Gasteiger partial charge in [0.15, 0.2) is 0 Å². The molecule has 0 radical (unpaired) electrons. The van der Waals surface area contributed by atoms with E-state index in [1.54, 1.807) is 11.3 Å². The van der Waals surface area contributed by atoms with E-state index < -0.39 is 0 Å². The molecular formula is C11H14OS3. The molecule has 0 bridgehead atoms. The number of rotatable bonds is 4. The summed E-state index contributed by atoms with van der Waals surface area (Å²) in [6, 6.07) is 4.16. The van der Waals surface area contributed by atoms with Crippen LogP contribution in [-0.2, 0) is 11.2 Å². The maximum Gasteiger partial charge on any atom is 0.147 e. The van der Waals surface area contributed by atoms with E-state index in [2.05, 4.69) is 17.5 Å². The first-order chi connectivity index (χ1) is 7.36. The Morgan fingerprint density at radius 2 is 2.40 bits per heavy atom. The summed E-state index contributed by atoms with van der Waals surface area (Å²) in [4.78, 5) is 13.2. The van der Waals surface area contributed by atoms with E-state index in [1.807, 2.05) is 23.5 Å². The maximum atomic E-state index is 11.9. The summed E-state index contributed by atoms with van der Waals surface area (Å²) < 4.78 is 0. The minimum Gasteiger partial charge on any atom is -0.298 e. The Balaban J connectivity index is 1.76. The zero-order chi connectivity index (χ0) is 10.5. The molecule has 0 saturated carbocycles. The van der Waals surface area contributed by atoms with Crippen molar-refractivity contribution >= 4 is 40.6 Å². The van der Waals surface area contributed by atoms with E-state index in [-0.39, 0.29) is 5.25 Å². The smallest absolute Gasteiger partial charge is 0.147 e. The molecule has 15 heavy (non-hydrogen) atoms. The summed E-state index contributed by atoms with van der Waals surface area (Å²) >= 11 is 5.50. The van der Waals surface area contributed by atoms with Crippen LogP contribution in [0.15, 0.2) is 17.5 Å². The van der Waals surface area contributed by atoms with Crippen LogP contribution >= 0.6 is 34.9 Å². The first kappa shape index (κ1) is 11.6. The summed E-state index contributed by atoms with van der Waals surface area (Å²) in [7, 11) is 0. The van der Waals surface area contributed by atoms with Gasteiger partial charge < -0.3 is 0 Å². The van der Waals surface area contributed by atoms with Crippen molar-refractivity contribution in [3.8, 4) is 0 Å². The van der Waals surface area contributed by atoms with E-state index in [0.717, 1.165) is 24.3 Å². The van der Waals surface area contributed by atoms with Gasteiger partial charge in [0.25, 0.3) is 0 Å². The van der Waals surface area contributed by atoms with Gasteiger partial charge >= 0.3 is 0 Å². The largest absolute Gasteiger partial charge is 0.298 e. The number of thiophene rings is 1. The lowest BCUT2D eigenvalue weighted by molar-refractivity contribution is -0.118. The molecule has 1 aliphatic heterocycles. The highest BCUT2D eigenvalue weighted by molar-refractivity contribution is 8.07. The van der Waals surface area contributed by atoms with Gasteiger partial charge in [-0.1, -0.05) is 6.07 Å². The third-order valence-electron chi connectivity index (χ3n) is 2.37. The fourth-order valence-corrected chi connectivity index (χ4v) is 4.93. The van der Waals surface area contributed by atoms with Crippen molar-refractivity contribution in [1.29, 1.82) is 0 Å². The highest BCUT2D eigenvalue weighted by Crippen LogP contribution is 2.26. The van der Waals surface area contributed by atoms with Crippen LogP contribution in [0, 0.1) is 0 Å². The van der Waals surface area contributed by atoms with Crippen molar-refractivity contribution in [2.75, 3.05) is 17.3 Å². The quantitative estimate of drug-likeness (QED) is 0.826. The molecule has 1 atom stereocenters. The highest BCUT2D eigenvalue weighted by atomic mass is 32.2. The average Bonchev–Trinajstić information content (AvgIpc) is 2.80. The standard InChI is InChI=1S/C11H14OS3/c12-10(11-8-13-6-7-15-11)4-3-9-2-1-5-14-9/h1-2,5,11H,3-4,6-8H2. The molecule has 1 fully saturated rings. The van der Waals surface area contributed by atoms with Gasteiger partial charge in [-0.2, -0.15) is 11.8 Å². The van der Waals surface area contributed by atoms with Crippen LogP contribution in [0.1, 0.15) is 11.3 Å². The summed E-state index contributed by atoms with van der Waals surface area (Å²) in [6.45, 7) is 0. The number of Topliss-reactive ketones (excluding diaryl/α,β-unsaturated/α-hetero) is 1. The average molecular weight is 258 g/mol. The third kappa shape index (κ3) is 3.54. The van der Waals surface area contributed by atoms with Crippen LogP contribution in [0.4, 0.5) is 0 Å². The molecule has 2 rings (SSSR count). The van der Waals surface area contributed by atoms with Gasteiger partial charge in [0, 0.05) is 28.6 Å². The Labute approximate surface area is 103 Å². The maximum absolute atomic E-state index is 11.9. The fourth-order valence-electron chi connectivity index (χ4n) is 1.54. The lowest BCUT2D eigenvalue weighted by Gasteiger charge is -2.19. The van der Waals surface area contributed by atoms with Crippen LogP contribution in [0.2, 0.25) is 0 Å². The minimum absolute atomic E-state index is 0.267. The predicted octanol–water partition coefficient (Wildman–Crippen LogP) is 3.10. The molecule has 4 heteroatoms. The van der Waals surface area contributed by atoms with E-state index in [1.165, 1.54) is 10.6 Å². The SMILES string of the molecule is O=C(CCc1cccs1)C1CSCCS1. The lowest BCUT2D eigenvalue weighted by atomic mass is 10.1. The monoisotopic (exact) mass is 258 g/mol. The van der Waals surface area contributed by atoms with Crippen LogP contribution in [0.5, 0.6) is 0 Å². The lowest BCUT2D eigenvalue weighted by Crippen LogP contribution is -2.24. The Kier molecular flexibility index (Phi) is 4.60. The molecule has 0 amide bonds. The summed E-state index contributed by atoms with van der Waals surface area (Å²) in [5.41, 5.74) is 0. The van der Waals surface area contributed by atoms with E-state index in [9.17, 15) is 4.79 Å². The molecule has 0 spiro atoms. The van der Waals surface area contributed by atoms with Crippen LogP contribution < -0.4 is 0 Å². The van der Waals surface area contributed by atoms with Gasteiger partial charge in [0.2, 0.25) is 0 Å². The van der Waals surface area contributed by atoms with Crippen molar-refractivity contribution in [1.82, 2.24) is 0 Å².